The molecule has 0 aliphatic rings. The van der Waals surface area contributed by atoms with Gasteiger partial charge in [-0.15, -0.1) is 0 Å². The molecule has 0 fully saturated rings. The van der Waals surface area contributed by atoms with Gasteiger partial charge in [0.25, 0.3) is 5.91 Å². The third-order valence-electron chi connectivity index (χ3n) is 2.73. The van der Waals surface area contributed by atoms with Crippen LogP contribution < -0.4 is 5.32 Å². The van der Waals surface area contributed by atoms with Crippen LogP contribution in [-0.4, -0.2) is 38.5 Å². The third-order valence-corrected chi connectivity index (χ3v) is 2.73. The van der Waals surface area contributed by atoms with Gasteiger partial charge in [-0.25, -0.2) is 0 Å². The SMILES string of the molecule is CF.COC(=O)[C@@H](C)CNC(=O)c1ccc(C(C)=O)cc1. The number of Topliss-reactive ketones (excluding diaryl/α,β-unsaturated/α-hetero) is 1. The highest BCUT2D eigenvalue weighted by atomic mass is 19.1. The smallest absolute Gasteiger partial charge is 0.310 e. The van der Waals surface area contributed by atoms with Crippen LogP contribution >= 0.6 is 0 Å². The second kappa shape index (κ2) is 9.63. The quantitative estimate of drug-likeness (QED) is 0.666. The predicted octanol–water partition coefficient (Wildman–Crippen LogP) is 2.01. The first kappa shape index (κ1) is 18.8. The van der Waals surface area contributed by atoms with Crippen molar-refractivity contribution in [2.45, 2.75) is 13.8 Å². The molecule has 1 N–H and O–H groups in total. The Morgan fingerprint density at radius 1 is 1.14 bits per heavy atom. The number of rotatable bonds is 5. The Labute approximate surface area is 123 Å². The van der Waals surface area contributed by atoms with E-state index in [0.717, 1.165) is 0 Å². The summed E-state index contributed by atoms with van der Waals surface area (Å²) >= 11 is 0. The Balaban J connectivity index is 0.00000191. The molecule has 116 valence electrons. The fraction of sp³-hybridized carbons (Fsp3) is 0.400. The van der Waals surface area contributed by atoms with Crippen LogP contribution in [0.1, 0.15) is 34.6 Å². The molecule has 1 aromatic rings. The molecule has 0 spiro atoms. The molecule has 1 aromatic carbocycles. The van der Waals surface area contributed by atoms with E-state index < -0.39 is 5.92 Å². The Kier molecular flexibility index (Phi) is 8.60. The molecule has 5 nitrogen and oxygen atoms in total. The van der Waals surface area contributed by atoms with E-state index in [0.29, 0.717) is 18.3 Å². The van der Waals surface area contributed by atoms with Crippen molar-refractivity contribution in [2.24, 2.45) is 5.92 Å². The van der Waals surface area contributed by atoms with Crippen molar-refractivity contribution < 1.29 is 23.5 Å². The van der Waals surface area contributed by atoms with Crippen molar-refractivity contribution in [3.8, 4) is 0 Å². The molecule has 6 heteroatoms. The van der Waals surface area contributed by atoms with E-state index in [1.165, 1.54) is 14.0 Å². The summed E-state index contributed by atoms with van der Waals surface area (Å²) in [6, 6.07) is 6.35. The van der Waals surface area contributed by atoms with Gasteiger partial charge in [0.2, 0.25) is 0 Å². The number of ether oxygens (including phenoxy) is 1. The number of hydrogen-bond acceptors (Lipinski definition) is 4. The molecule has 0 heterocycles. The number of esters is 1. The summed E-state index contributed by atoms with van der Waals surface area (Å²) in [4.78, 5) is 34.1. The van der Waals surface area contributed by atoms with Crippen LogP contribution in [0, 0.1) is 5.92 Å². The second-order valence-corrected chi connectivity index (χ2v) is 4.27. The van der Waals surface area contributed by atoms with E-state index >= 15 is 0 Å². The van der Waals surface area contributed by atoms with Crippen LogP contribution in [0.5, 0.6) is 0 Å². The molecule has 0 bridgehead atoms. The number of alkyl halides is 1. The summed E-state index contributed by atoms with van der Waals surface area (Å²) in [7, 11) is 1.81. The average molecular weight is 297 g/mol. The van der Waals surface area contributed by atoms with Crippen LogP contribution in [0.15, 0.2) is 24.3 Å². The van der Waals surface area contributed by atoms with Crippen LogP contribution in [-0.2, 0) is 9.53 Å². The van der Waals surface area contributed by atoms with Gasteiger partial charge in [-0.2, -0.15) is 0 Å². The standard InChI is InChI=1S/C14H17NO4.CH3F/c1-9(14(18)19-3)8-15-13(17)12-6-4-11(5-7-12)10(2)16;1-2/h4-7,9H,8H2,1-3H3,(H,15,17);1H3/t9-;/m0./s1. The number of halogens is 1. The van der Waals surface area contributed by atoms with Gasteiger partial charge in [0.1, 0.15) is 0 Å². The molecule has 0 aliphatic carbocycles. The molecule has 0 aliphatic heterocycles. The predicted molar refractivity (Wildman–Crippen MR) is 77.0 cm³/mol. The Morgan fingerprint density at radius 2 is 1.62 bits per heavy atom. The fourth-order valence-corrected chi connectivity index (χ4v) is 1.49. The van der Waals surface area contributed by atoms with Gasteiger partial charge >= 0.3 is 5.97 Å². The number of ketones is 1. The van der Waals surface area contributed by atoms with E-state index in [2.05, 4.69) is 10.1 Å². The number of methoxy groups -OCH3 is 1. The molecule has 0 aromatic heterocycles. The van der Waals surface area contributed by atoms with Gasteiger partial charge in [-0.05, 0) is 19.1 Å². The van der Waals surface area contributed by atoms with Gasteiger partial charge in [0.05, 0.1) is 20.2 Å². The van der Waals surface area contributed by atoms with Gasteiger partial charge < -0.3 is 10.1 Å². The molecule has 0 unspecified atom stereocenters. The fourth-order valence-electron chi connectivity index (χ4n) is 1.49. The average Bonchev–Trinajstić information content (AvgIpc) is 2.53. The number of amides is 1. The largest absolute Gasteiger partial charge is 0.469 e. The highest BCUT2D eigenvalue weighted by Crippen LogP contribution is 2.05. The van der Waals surface area contributed by atoms with Crippen LogP contribution in [0.4, 0.5) is 4.39 Å². The molecule has 0 radical (unpaired) electrons. The molecule has 21 heavy (non-hydrogen) atoms. The minimum absolute atomic E-state index is 0.0497. The molecule has 1 atom stereocenters. The number of carbonyl (C=O) groups is 3. The first-order chi connectivity index (χ1) is 9.95. The van der Waals surface area contributed by atoms with Crippen molar-refractivity contribution in [3.05, 3.63) is 35.4 Å². The highest BCUT2D eigenvalue weighted by Gasteiger charge is 2.14. The number of benzene rings is 1. The highest BCUT2D eigenvalue weighted by molar-refractivity contribution is 5.97. The topological polar surface area (TPSA) is 72.5 Å². The van der Waals surface area contributed by atoms with Crippen molar-refractivity contribution >= 4 is 17.7 Å². The summed E-state index contributed by atoms with van der Waals surface area (Å²) in [6.45, 7) is 3.35. The minimum Gasteiger partial charge on any atom is -0.469 e. The maximum atomic E-state index is 11.8. The molecule has 1 rings (SSSR count). The lowest BCUT2D eigenvalue weighted by Gasteiger charge is -2.10. The summed E-state index contributed by atoms with van der Waals surface area (Å²) in [5, 5.41) is 2.64. The van der Waals surface area contributed by atoms with E-state index in [-0.39, 0.29) is 24.2 Å². The molecule has 0 saturated carbocycles. The lowest BCUT2D eigenvalue weighted by molar-refractivity contribution is -0.144. The summed E-state index contributed by atoms with van der Waals surface area (Å²) in [6.07, 6.45) is 0. The first-order valence-corrected chi connectivity index (χ1v) is 6.30. The van der Waals surface area contributed by atoms with E-state index in [9.17, 15) is 18.8 Å². The van der Waals surface area contributed by atoms with Gasteiger partial charge in [0.15, 0.2) is 5.78 Å². The van der Waals surface area contributed by atoms with Gasteiger partial charge in [-0.1, -0.05) is 19.1 Å². The van der Waals surface area contributed by atoms with Gasteiger partial charge in [-0.3, -0.25) is 18.8 Å². The zero-order valence-corrected chi connectivity index (χ0v) is 12.6. The molecular weight excluding hydrogens is 277 g/mol. The Hall–Kier alpha value is -2.24. The Bertz CT molecular complexity index is 485. The van der Waals surface area contributed by atoms with Crippen molar-refractivity contribution in [2.75, 3.05) is 20.8 Å². The normalized spacial score (nSPS) is 10.7. The maximum Gasteiger partial charge on any atom is 0.310 e. The van der Waals surface area contributed by atoms with E-state index in [4.69, 9.17) is 0 Å². The summed E-state index contributed by atoms with van der Waals surface area (Å²) in [5.74, 6) is -1.10. The van der Waals surface area contributed by atoms with Crippen molar-refractivity contribution in [3.63, 3.8) is 0 Å². The van der Waals surface area contributed by atoms with Crippen LogP contribution in [0.2, 0.25) is 0 Å². The Morgan fingerprint density at radius 3 is 2.05 bits per heavy atom. The van der Waals surface area contributed by atoms with Crippen molar-refractivity contribution in [1.29, 1.82) is 0 Å². The van der Waals surface area contributed by atoms with Crippen molar-refractivity contribution in [1.82, 2.24) is 5.32 Å². The zero-order valence-electron chi connectivity index (χ0n) is 12.6. The minimum atomic E-state index is -0.398. The summed E-state index contributed by atoms with van der Waals surface area (Å²) < 4.78 is 14.1. The molecular formula is C15H20FNO4. The van der Waals surface area contributed by atoms with E-state index in [1.807, 2.05) is 0 Å². The summed E-state index contributed by atoms with van der Waals surface area (Å²) in [5.41, 5.74) is 1.00. The second-order valence-electron chi connectivity index (χ2n) is 4.27. The van der Waals surface area contributed by atoms with Gasteiger partial charge in [0, 0.05) is 17.7 Å². The first-order valence-electron chi connectivity index (χ1n) is 6.30. The van der Waals surface area contributed by atoms with Crippen LogP contribution in [0.3, 0.4) is 0 Å². The lowest BCUT2D eigenvalue weighted by atomic mass is 10.1. The third kappa shape index (κ3) is 6.16. The molecule has 0 saturated heterocycles. The monoisotopic (exact) mass is 297 g/mol. The maximum absolute atomic E-state index is 11.8. The number of nitrogens with one attached hydrogen (secondary N) is 1. The zero-order chi connectivity index (χ0) is 16.4. The number of carbonyl (C=O) groups excluding carboxylic acids is 3. The van der Waals surface area contributed by atoms with E-state index in [1.54, 1.807) is 31.2 Å². The molecule has 1 amide bonds. The number of hydrogen-bond donors (Lipinski definition) is 1. The lowest BCUT2D eigenvalue weighted by Crippen LogP contribution is -2.32. The van der Waals surface area contributed by atoms with Crippen LogP contribution in [0.25, 0.3) is 0 Å².